The molecule has 5 aromatic rings. The molecule has 0 saturated heterocycles. The Balaban J connectivity index is 1.40. The molecule has 0 heterocycles. The molecule has 5 rings (SSSR count). The highest BCUT2D eigenvalue weighted by Crippen LogP contribution is 2.29. The fraction of sp³-hybridized carbons (Fsp3) is 0.0571. The third-order valence-corrected chi connectivity index (χ3v) is 8.88. The van der Waals surface area contributed by atoms with E-state index in [2.05, 4.69) is 15.8 Å². The SMILES string of the molecule is C/C(=N/NC(=O)c1ccccc1N(Cc1ccccc1)S(=O)(=O)c1ccccc1)c1cccc(NC(=O)c2cccc(Cl)c2)c1. The van der Waals surface area contributed by atoms with Crippen molar-refractivity contribution in [1.29, 1.82) is 0 Å². The van der Waals surface area contributed by atoms with Gasteiger partial charge in [0.25, 0.3) is 21.8 Å². The Morgan fingerprint density at radius 2 is 1.38 bits per heavy atom. The van der Waals surface area contributed by atoms with Crippen molar-refractivity contribution in [1.82, 2.24) is 5.43 Å². The Bertz CT molecular complexity index is 1970. The van der Waals surface area contributed by atoms with Crippen molar-refractivity contribution in [2.75, 3.05) is 9.62 Å². The molecule has 2 amide bonds. The highest BCUT2D eigenvalue weighted by atomic mass is 35.5. The molecule has 0 saturated carbocycles. The average Bonchev–Trinajstić information content (AvgIpc) is 3.07. The Morgan fingerprint density at radius 3 is 2.11 bits per heavy atom. The number of rotatable bonds is 10. The molecule has 0 unspecified atom stereocenters. The van der Waals surface area contributed by atoms with Crippen molar-refractivity contribution >= 4 is 50.5 Å². The smallest absolute Gasteiger partial charge is 0.273 e. The number of halogens is 1. The number of nitrogens with zero attached hydrogens (tertiary/aromatic N) is 2. The molecule has 0 aliphatic rings. The van der Waals surface area contributed by atoms with E-state index in [1.165, 1.54) is 16.4 Å². The van der Waals surface area contributed by atoms with Gasteiger partial charge in [-0.2, -0.15) is 5.10 Å². The van der Waals surface area contributed by atoms with E-state index < -0.39 is 15.9 Å². The highest BCUT2D eigenvalue weighted by molar-refractivity contribution is 7.92. The second-order valence-corrected chi connectivity index (χ2v) is 12.3. The molecule has 0 spiro atoms. The molecule has 0 aliphatic carbocycles. The molecule has 0 fully saturated rings. The first-order valence-corrected chi connectivity index (χ1v) is 15.8. The highest BCUT2D eigenvalue weighted by Gasteiger charge is 2.28. The van der Waals surface area contributed by atoms with Crippen LogP contribution in [0.1, 0.15) is 38.8 Å². The van der Waals surface area contributed by atoms with Crippen LogP contribution in [0.2, 0.25) is 5.02 Å². The van der Waals surface area contributed by atoms with Crippen LogP contribution in [0.15, 0.2) is 143 Å². The van der Waals surface area contributed by atoms with Crippen LogP contribution in [-0.4, -0.2) is 25.9 Å². The fourth-order valence-corrected chi connectivity index (χ4v) is 6.25. The first-order chi connectivity index (χ1) is 21.7. The van der Waals surface area contributed by atoms with Gasteiger partial charge in [-0.1, -0.05) is 90.5 Å². The summed E-state index contributed by atoms with van der Waals surface area (Å²) in [5, 5.41) is 7.58. The maximum atomic E-state index is 13.9. The van der Waals surface area contributed by atoms with Gasteiger partial charge in [0.05, 0.1) is 28.4 Å². The first-order valence-electron chi connectivity index (χ1n) is 13.9. The maximum absolute atomic E-state index is 13.9. The number of hydrazone groups is 1. The number of sulfonamides is 1. The minimum Gasteiger partial charge on any atom is -0.322 e. The zero-order valence-corrected chi connectivity index (χ0v) is 25.8. The summed E-state index contributed by atoms with van der Waals surface area (Å²) in [5.41, 5.74) is 5.74. The van der Waals surface area contributed by atoms with E-state index >= 15 is 0 Å². The summed E-state index contributed by atoms with van der Waals surface area (Å²) in [7, 11) is -4.04. The van der Waals surface area contributed by atoms with Gasteiger partial charge in [0.2, 0.25) is 0 Å². The monoisotopic (exact) mass is 636 g/mol. The Kier molecular flexibility index (Phi) is 9.72. The number of anilines is 2. The van der Waals surface area contributed by atoms with Crippen LogP contribution in [0, 0.1) is 0 Å². The van der Waals surface area contributed by atoms with E-state index in [-0.39, 0.29) is 28.6 Å². The van der Waals surface area contributed by atoms with Gasteiger partial charge in [0.15, 0.2) is 0 Å². The average molecular weight is 637 g/mol. The number of hydrogen-bond acceptors (Lipinski definition) is 5. The Hall–Kier alpha value is -5.25. The van der Waals surface area contributed by atoms with E-state index in [1.54, 1.807) is 97.9 Å². The molecular weight excluding hydrogens is 608 g/mol. The number of carbonyl (C=O) groups excluding carboxylic acids is 2. The summed E-state index contributed by atoms with van der Waals surface area (Å²) >= 11 is 6.01. The zero-order valence-electron chi connectivity index (χ0n) is 24.2. The number of carbonyl (C=O) groups is 2. The third kappa shape index (κ3) is 7.64. The minimum atomic E-state index is -4.04. The largest absolute Gasteiger partial charge is 0.322 e. The predicted octanol–water partition coefficient (Wildman–Crippen LogP) is 7.14. The Labute approximate surface area is 267 Å². The number of para-hydroxylation sites is 1. The molecule has 10 heteroatoms. The molecule has 2 N–H and O–H groups in total. The molecule has 5 aromatic carbocycles. The van der Waals surface area contributed by atoms with Gasteiger partial charge in [-0.25, -0.2) is 13.8 Å². The van der Waals surface area contributed by atoms with Crippen molar-refractivity contribution in [2.24, 2.45) is 5.10 Å². The molecular formula is C35H29ClN4O4S. The fourth-order valence-electron chi connectivity index (χ4n) is 4.57. The van der Waals surface area contributed by atoms with Crippen LogP contribution in [-0.2, 0) is 16.6 Å². The van der Waals surface area contributed by atoms with Crippen LogP contribution in [0.4, 0.5) is 11.4 Å². The van der Waals surface area contributed by atoms with Crippen LogP contribution in [0.5, 0.6) is 0 Å². The van der Waals surface area contributed by atoms with Gasteiger partial charge in [-0.15, -0.1) is 0 Å². The number of nitrogens with one attached hydrogen (secondary N) is 2. The topological polar surface area (TPSA) is 108 Å². The van der Waals surface area contributed by atoms with E-state index in [0.29, 0.717) is 27.5 Å². The van der Waals surface area contributed by atoms with Crippen molar-refractivity contribution in [2.45, 2.75) is 18.4 Å². The standard InChI is InChI=1S/C35H29ClN4O4S/c1-25(27-14-11-17-30(23-27)37-34(41)28-15-10-16-29(36)22-28)38-39-35(42)32-20-8-9-21-33(32)40(24-26-12-4-2-5-13-26)45(43,44)31-18-6-3-7-19-31/h2-23H,24H2,1H3,(H,37,41)(H,39,42)/b38-25-. The van der Waals surface area contributed by atoms with Crippen molar-refractivity contribution in [3.05, 3.63) is 161 Å². The summed E-state index contributed by atoms with van der Waals surface area (Å²) in [4.78, 5) is 26.3. The van der Waals surface area contributed by atoms with Gasteiger partial charge in [-0.3, -0.25) is 13.9 Å². The summed E-state index contributed by atoms with van der Waals surface area (Å²) in [6, 6.07) is 37.4. The lowest BCUT2D eigenvalue weighted by molar-refractivity contribution is 0.0954. The minimum absolute atomic E-state index is 0.0123. The summed E-state index contributed by atoms with van der Waals surface area (Å²) < 4.78 is 29.0. The van der Waals surface area contributed by atoms with Gasteiger partial charge in [0.1, 0.15) is 0 Å². The van der Waals surface area contributed by atoms with Crippen LogP contribution in [0.25, 0.3) is 0 Å². The molecule has 226 valence electrons. The van der Waals surface area contributed by atoms with E-state index in [4.69, 9.17) is 11.6 Å². The lowest BCUT2D eigenvalue weighted by Crippen LogP contribution is -2.33. The maximum Gasteiger partial charge on any atom is 0.273 e. The summed E-state index contributed by atoms with van der Waals surface area (Å²) in [6.07, 6.45) is 0. The van der Waals surface area contributed by atoms with Crippen molar-refractivity contribution in [3.63, 3.8) is 0 Å². The molecule has 0 aliphatic heterocycles. The number of hydrogen-bond donors (Lipinski definition) is 2. The quantitative estimate of drug-likeness (QED) is 0.125. The van der Waals surface area contributed by atoms with Gasteiger partial charge >= 0.3 is 0 Å². The lowest BCUT2D eigenvalue weighted by atomic mass is 10.1. The molecule has 8 nitrogen and oxygen atoms in total. The van der Waals surface area contributed by atoms with E-state index in [1.807, 2.05) is 30.3 Å². The number of benzene rings is 5. The second-order valence-electron chi connectivity index (χ2n) is 10.0. The van der Waals surface area contributed by atoms with Crippen molar-refractivity contribution < 1.29 is 18.0 Å². The molecule has 0 aromatic heterocycles. The first kappa shape index (κ1) is 31.2. The lowest BCUT2D eigenvalue weighted by Gasteiger charge is -2.26. The van der Waals surface area contributed by atoms with Crippen LogP contribution in [0.3, 0.4) is 0 Å². The predicted molar refractivity (Wildman–Crippen MR) is 178 cm³/mol. The normalized spacial score (nSPS) is 11.5. The summed E-state index contributed by atoms with van der Waals surface area (Å²) in [6.45, 7) is 1.73. The van der Waals surface area contributed by atoms with Gasteiger partial charge in [0, 0.05) is 16.3 Å². The van der Waals surface area contributed by atoms with E-state index in [9.17, 15) is 18.0 Å². The molecule has 0 atom stereocenters. The van der Waals surface area contributed by atoms with Crippen molar-refractivity contribution in [3.8, 4) is 0 Å². The van der Waals surface area contributed by atoms with Gasteiger partial charge < -0.3 is 5.32 Å². The molecule has 0 bridgehead atoms. The number of amides is 2. The summed E-state index contributed by atoms with van der Waals surface area (Å²) in [5.74, 6) is -0.906. The van der Waals surface area contributed by atoms with Gasteiger partial charge in [-0.05, 0) is 72.6 Å². The zero-order chi connectivity index (χ0) is 31.8. The third-order valence-electron chi connectivity index (χ3n) is 6.87. The van der Waals surface area contributed by atoms with E-state index in [0.717, 1.165) is 5.56 Å². The van der Waals surface area contributed by atoms with Crippen LogP contribution >= 0.6 is 11.6 Å². The Morgan fingerprint density at radius 1 is 0.733 bits per heavy atom. The second kappa shape index (κ2) is 14.0. The van der Waals surface area contributed by atoms with Crippen LogP contribution < -0.4 is 15.0 Å². The molecule has 0 radical (unpaired) electrons. The molecule has 45 heavy (non-hydrogen) atoms.